The number of methoxy groups -OCH3 is 1. The van der Waals surface area contributed by atoms with Gasteiger partial charge in [-0.3, -0.25) is 4.79 Å². The van der Waals surface area contributed by atoms with E-state index >= 15 is 0 Å². The fourth-order valence-corrected chi connectivity index (χ4v) is 2.17. The zero-order valence-electron chi connectivity index (χ0n) is 12.5. The third-order valence-corrected chi connectivity index (χ3v) is 3.26. The summed E-state index contributed by atoms with van der Waals surface area (Å²) in [6.07, 6.45) is 1.18. The van der Waals surface area contributed by atoms with Crippen molar-refractivity contribution in [2.45, 2.75) is 19.8 Å². The van der Waals surface area contributed by atoms with Crippen LogP contribution in [-0.4, -0.2) is 19.5 Å². The maximum atomic E-state index is 12.1. The molecule has 2 aromatic rings. The standard InChI is InChI=1S/C18H20O3/c1-3-21-17-12-10-14(13-18(17)20-2)9-11-16(19)15-7-5-4-6-8-15/h4-8,10,12-13H,3,9,11H2,1-2H3. The van der Waals surface area contributed by atoms with E-state index in [-0.39, 0.29) is 5.78 Å². The molecular weight excluding hydrogens is 264 g/mol. The molecule has 2 rings (SSSR count). The molecule has 0 aromatic heterocycles. The molecule has 0 fully saturated rings. The number of benzene rings is 2. The molecule has 0 aliphatic rings. The summed E-state index contributed by atoms with van der Waals surface area (Å²) in [6, 6.07) is 15.2. The van der Waals surface area contributed by atoms with Crippen molar-refractivity contribution in [1.29, 1.82) is 0 Å². The van der Waals surface area contributed by atoms with Crippen molar-refractivity contribution >= 4 is 5.78 Å². The summed E-state index contributed by atoms with van der Waals surface area (Å²) < 4.78 is 10.8. The molecule has 0 aliphatic carbocycles. The van der Waals surface area contributed by atoms with E-state index in [4.69, 9.17) is 9.47 Å². The highest BCUT2D eigenvalue weighted by Crippen LogP contribution is 2.28. The predicted molar refractivity (Wildman–Crippen MR) is 83.3 cm³/mol. The van der Waals surface area contributed by atoms with Gasteiger partial charge in [-0.05, 0) is 31.0 Å². The molecule has 0 aliphatic heterocycles. The van der Waals surface area contributed by atoms with Gasteiger partial charge < -0.3 is 9.47 Å². The average Bonchev–Trinajstić information content (AvgIpc) is 2.54. The zero-order chi connectivity index (χ0) is 15.1. The Labute approximate surface area is 125 Å². The zero-order valence-corrected chi connectivity index (χ0v) is 12.5. The summed E-state index contributed by atoms with van der Waals surface area (Å²) in [6.45, 7) is 2.54. The largest absolute Gasteiger partial charge is 0.493 e. The van der Waals surface area contributed by atoms with Crippen molar-refractivity contribution in [3.05, 3.63) is 59.7 Å². The van der Waals surface area contributed by atoms with Gasteiger partial charge in [-0.1, -0.05) is 36.4 Å². The lowest BCUT2D eigenvalue weighted by molar-refractivity contribution is 0.0983. The maximum absolute atomic E-state index is 12.1. The molecule has 2 aromatic carbocycles. The monoisotopic (exact) mass is 284 g/mol. The van der Waals surface area contributed by atoms with Crippen molar-refractivity contribution in [2.75, 3.05) is 13.7 Å². The summed E-state index contributed by atoms with van der Waals surface area (Å²) in [5.74, 6) is 1.60. The first-order chi connectivity index (χ1) is 10.2. The average molecular weight is 284 g/mol. The minimum Gasteiger partial charge on any atom is -0.493 e. The summed E-state index contributed by atoms with van der Waals surface area (Å²) in [5.41, 5.74) is 1.83. The van der Waals surface area contributed by atoms with Crippen molar-refractivity contribution < 1.29 is 14.3 Å². The van der Waals surface area contributed by atoms with Crippen LogP contribution in [0.1, 0.15) is 29.3 Å². The molecule has 0 atom stereocenters. The normalized spacial score (nSPS) is 10.2. The lowest BCUT2D eigenvalue weighted by Crippen LogP contribution is -2.01. The van der Waals surface area contributed by atoms with Crippen LogP contribution >= 0.6 is 0 Å². The summed E-state index contributed by atoms with van der Waals surface area (Å²) >= 11 is 0. The lowest BCUT2D eigenvalue weighted by Gasteiger charge is -2.10. The molecule has 0 saturated carbocycles. The molecule has 21 heavy (non-hydrogen) atoms. The lowest BCUT2D eigenvalue weighted by atomic mass is 10.0. The SMILES string of the molecule is CCOc1ccc(CCC(=O)c2ccccc2)cc1OC. The fourth-order valence-electron chi connectivity index (χ4n) is 2.17. The molecule has 0 amide bonds. The van der Waals surface area contributed by atoms with Gasteiger partial charge in [-0.25, -0.2) is 0 Å². The first-order valence-electron chi connectivity index (χ1n) is 7.12. The van der Waals surface area contributed by atoms with Gasteiger partial charge in [0.2, 0.25) is 0 Å². The smallest absolute Gasteiger partial charge is 0.163 e. The van der Waals surface area contributed by atoms with E-state index in [9.17, 15) is 4.79 Å². The van der Waals surface area contributed by atoms with Gasteiger partial charge in [0.1, 0.15) is 0 Å². The van der Waals surface area contributed by atoms with Crippen LogP contribution in [0.4, 0.5) is 0 Å². The predicted octanol–water partition coefficient (Wildman–Crippen LogP) is 3.91. The molecule has 0 spiro atoms. The number of aryl methyl sites for hydroxylation is 1. The Morgan fingerprint density at radius 3 is 2.48 bits per heavy atom. The van der Waals surface area contributed by atoms with E-state index in [1.807, 2.05) is 55.5 Å². The Morgan fingerprint density at radius 2 is 1.81 bits per heavy atom. The third-order valence-electron chi connectivity index (χ3n) is 3.26. The number of rotatable bonds is 7. The summed E-state index contributed by atoms with van der Waals surface area (Å²) in [4.78, 5) is 12.1. The minimum atomic E-state index is 0.156. The van der Waals surface area contributed by atoms with E-state index in [0.717, 1.165) is 16.9 Å². The van der Waals surface area contributed by atoms with Crippen LogP contribution in [0.5, 0.6) is 11.5 Å². The van der Waals surface area contributed by atoms with Crippen molar-refractivity contribution in [3.8, 4) is 11.5 Å². The summed E-state index contributed by atoms with van der Waals surface area (Å²) in [5, 5.41) is 0. The highest BCUT2D eigenvalue weighted by Gasteiger charge is 2.08. The fraction of sp³-hybridized carbons (Fsp3) is 0.278. The third kappa shape index (κ3) is 4.09. The van der Waals surface area contributed by atoms with Crippen LogP contribution in [0.3, 0.4) is 0 Å². The van der Waals surface area contributed by atoms with Crippen LogP contribution in [0, 0.1) is 0 Å². The Morgan fingerprint density at radius 1 is 1.05 bits per heavy atom. The van der Waals surface area contributed by atoms with E-state index in [2.05, 4.69) is 0 Å². The second kappa shape index (κ2) is 7.48. The first-order valence-corrected chi connectivity index (χ1v) is 7.12. The second-order valence-corrected chi connectivity index (χ2v) is 4.71. The topological polar surface area (TPSA) is 35.5 Å². The van der Waals surface area contributed by atoms with Gasteiger partial charge >= 0.3 is 0 Å². The molecule has 110 valence electrons. The first kappa shape index (κ1) is 15.1. The molecule has 0 N–H and O–H groups in total. The second-order valence-electron chi connectivity index (χ2n) is 4.71. The minimum absolute atomic E-state index is 0.156. The Hall–Kier alpha value is -2.29. The molecule has 3 heteroatoms. The molecular formula is C18H20O3. The highest BCUT2D eigenvalue weighted by atomic mass is 16.5. The van der Waals surface area contributed by atoms with Gasteiger partial charge in [0, 0.05) is 12.0 Å². The molecule has 0 unspecified atom stereocenters. The van der Waals surface area contributed by atoms with E-state index < -0.39 is 0 Å². The number of carbonyl (C=O) groups excluding carboxylic acids is 1. The van der Waals surface area contributed by atoms with Crippen LogP contribution in [-0.2, 0) is 6.42 Å². The number of ketones is 1. The van der Waals surface area contributed by atoms with Crippen molar-refractivity contribution in [1.82, 2.24) is 0 Å². The van der Waals surface area contributed by atoms with E-state index in [1.165, 1.54) is 0 Å². The number of hydrogen-bond acceptors (Lipinski definition) is 3. The quantitative estimate of drug-likeness (QED) is 0.723. The van der Waals surface area contributed by atoms with Crippen LogP contribution < -0.4 is 9.47 Å². The maximum Gasteiger partial charge on any atom is 0.163 e. The van der Waals surface area contributed by atoms with Gasteiger partial charge in [-0.15, -0.1) is 0 Å². The Bertz CT molecular complexity index is 591. The molecule has 0 radical (unpaired) electrons. The molecule has 0 bridgehead atoms. The van der Waals surface area contributed by atoms with Crippen molar-refractivity contribution in [2.24, 2.45) is 0 Å². The molecule has 0 saturated heterocycles. The Kier molecular flexibility index (Phi) is 5.38. The van der Waals surface area contributed by atoms with Gasteiger partial charge in [0.15, 0.2) is 17.3 Å². The molecule has 0 heterocycles. The van der Waals surface area contributed by atoms with E-state index in [0.29, 0.717) is 25.2 Å². The Balaban J connectivity index is 2.02. The van der Waals surface area contributed by atoms with Crippen LogP contribution in [0.25, 0.3) is 0 Å². The number of carbonyl (C=O) groups is 1. The van der Waals surface area contributed by atoms with Crippen molar-refractivity contribution in [3.63, 3.8) is 0 Å². The number of ether oxygens (including phenoxy) is 2. The summed E-state index contributed by atoms with van der Waals surface area (Å²) in [7, 11) is 1.62. The number of Topliss-reactive ketones (excluding diaryl/α,β-unsaturated/α-hetero) is 1. The number of hydrogen-bond donors (Lipinski definition) is 0. The van der Waals surface area contributed by atoms with Gasteiger partial charge in [-0.2, -0.15) is 0 Å². The van der Waals surface area contributed by atoms with E-state index in [1.54, 1.807) is 7.11 Å². The van der Waals surface area contributed by atoms with Gasteiger partial charge in [0.05, 0.1) is 13.7 Å². The van der Waals surface area contributed by atoms with Gasteiger partial charge in [0.25, 0.3) is 0 Å². The van der Waals surface area contributed by atoms with Crippen LogP contribution in [0.15, 0.2) is 48.5 Å². The molecule has 3 nitrogen and oxygen atoms in total. The van der Waals surface area contributed by atoms with Crippen LogP contribution in [0.2, 0.25) is 0 Å². The highest BCUT2D eigenvalue weighted by molar-refractivity contribution is 5.96.